The molecule has 0 aliphatic heterocycles. The van der Waals surface area contributed by atoms with Gasteiger partial charge in [0.2, 0.25) is 0 Å². The van der Waals surface area contributed by atoms with Crippen LogP contribution in [0.3, 0.4) is 0 Å². The Balaban J connectivity index is 1.50. The molecule has 10 heteroatoms. The number of hydrogen-bond acceptors (Lipinski definition) is 6. The van der Waals surface area contributed by atoms with E-state index in [-0.39, 0.29) is 11.6 Å². The van der Waals surface area contributed by atoms with E-state index in [0.717, 1.165) is 38.8 Å². The van der Waals surface area contributed by atoms with Crippen molar-refractivity contribution in [2.75, 3.05) is 0 Å². The Bertz CT molecular complexity index is 1770. The van der Waals surface area contributed by atoms with Gasteiger partial charge in [-0.3, -0.25) is 9.59 Å². The van der Waals surface area contributed by atoms with Crippen LogP contribution in [0.5, 0.6) is 0 Å². The maximum Gasteiger partial charge on any atom is 0.159 e. The van der Waals surface area contributed by atoms with Crippen LogP contribution in [0.15, 0.2) is 54.3 Å². The van der Waals surface area contributed by atoms with Gasteiger partial charge < -0.3 is 0 Å². The van der Waals surface area contributed by atoms with Gasteiger partial charge in [-0.2, -0.15) is 0 Å². The van der Waals surface area contributed by atoms with Gasteiger partial charge in [0.05, 0.1) is 46.9 Å². The lowest BCUT2D eigenvalue weighted by molar-refractivity contribution is 0.100. The summed E-state index contributed by atoms with van der Waals surface area (Å²) >= 11 is 22.3. The minimum absolute atomic E-state index is 0.0561. The molecular formula is C26H12Br4O2S4. The van der Waals surface area contributed by atoms with E-state index >= 15 is 0 Å². The van der Waals surface area contributed by atoms with Crippen molar-refractivity contribution in [1.82, 2.24) is 0 Å². The third-order valence-electron chi connectivity index (χ3n) is 5.89. The molecule has 0 aliphatic carbocycles. The molecule has 180 valence electrons. The van der Waals surface area contributed by atoms with Crippen molar-refractivity contribution >= 4 is 149 Å². The Morgan fingerprint density at radius 3 is 1.25 bits per heavy atom. The first-order valence-corrected chi connectivity index (χ1v) is 17.0. The van der Waals surface area contributed by atoms with Crippen molar-refractivity contribution in [2.45, 2.75) is 13.8 Å². The molecule has 6 aromatic rings. The number of benzene rings is 2. The molecule has 0 unspecified atom stereocenters. The molecule has 0 spiro atoms. The van der Waals surface area contributed by atoms with E-state index in [1.807, 2.05) is 59.1 Å². The van der Waals surface area contributed by atoms with E-state index in [4.69, 9.17) is 0 Å². The molecule has 0 atom stereocenters. The van der Waals surface area contributed by atoms with Crippen LogP contribution in [0.1, 0.15) is 34.6 Å². The Labute approximate surface area is 255 Å². The van der Waals surface area contributed by atoms with Crippen LogP contribution in [-0.4, -0.2) is 11.6 Å². The lowest BCUT2D eigenvalue weighted by Gasteiger charge is -2.05. The molecule has 0 fully saturated rings. The van der Waals surface area contributed by atoms with Crippen molar-refractivity contribution in [3.05, 3.63) is 65.4 Å². The highest BCUT2D eigenvalue weighted by atomic mass is 79.9. The predicted molar refractivity (Wildman–Crippen MR) is 172 cm³/mol. The van der Waals surface area contributed by atoms with Gasteiger partial charge in [-0.05, 0) is 57.8 Å². The fraction of sp³-hybridized carbons (Fsp3) is 0.0769. The monoisotopic (exact) mass is 800 g/mol. The summed E-state index contributed by atoms with van der Waals surface area (Å²) in [6.45, 7) is 3.17. The highest BCUT2D eigenvalue weighted by molar-refractivity contribution is 9.11. The van der Waals surface area contributed by atoms with Crippen LogP contribution in [-0.2, 0) is 0 Å². The average Bonchev–Trinajstić information content (AvgIpc) is 3.53. The summed E-state index contributed by atoms with van der Waals surface area (Å²) in [5, 5.41) is 0. The highest BCUT2D eigenvalue weighted by Crippen LogP contribution is 2.57. The van der Waals surface area contributed by atoms with E-state index in [0.29, 0.717) is 11.1 Å². The molecule has 6 rings (SSSR count). The van der Waals surface area contributed by atoms with E-state index in [2.05, 4.69) is 63.7 Å². The van der Waals surface area contributed by atoms with E-state index in [9.17, 15) is 9.59 Å². The summed E-state index contributed by atoms with van der Waals surface area (Å²) in [5.41, 5.74) is 3.55. The number of thiophene rings is 4. The van der Waals surface area contributed by atoms with Crippen LogP contribution in [0.4, 0.5) is 0 Å². The molecule has 0 bridgehead atoms. The summed E-state index contributed by atoms with van der Waals surface area (Å²) in [5.74, 6) is 0.112. The first-order valence-electron chi connectivity index (χ1n) is 10.5. The number of carbonyl (C=O) groups excluding carboxylic acids is 2. The van der Waals surface area contributed by atoms with Gasteiger partial charge in [-0.1, -0.05) is 56.1 Å². The zero-order chi connectivity index (χ0) is 25.5. The summed E-state index contributed by atoms with van der Waals surface area (Å²) in [6, 6.07) is 11.6. The summed E-state index contributed by atoms with van der Waals surface area (Å²) in [4.78, 5) is 25.9. The number of rotatable bonds is 4. The highest BCUT2D eigenvalue weighted by Gasteiger charge is 2.25. The lowest BCUT2D eigenvalue weighted by atomic mass is 10.1. The van der Waals surface area contributed by atoms with Gasteiger partial charge in [0.1, 0.15) is 0 Å². The van der Waals surface area contributed by atoms with Gasteiger partial charge in [0.25, 0.3) is 0 Å². The number of halogens is 4. The van der Waals surface area contributed by atoms with Crippen molar-refractivity contribution in [2.24, 2.45) is 0 Å². The minimum atomic E-state index is 0.0561. The molecule has 4 aromatic heterocycles. The number of fused-ring (bicyclic) bond motifs is 5. The van der Waals surface area contributed by atoms with Gasteiger partial charge in [0.15, 0.2) is 11.6 Å². The summed E-state index contributed by atoms with van der Waals surface area (Å²) < 4.78 is 11.7. The number of Topliss-reactive ketones (excluding diaryl/α,β-unsaturated/α-hetero) is 2. The molecule has 2 aromatic carbocycles. The Kier molecular flexibility index (Phi) is 6.73. The third kappa shape index (κ3) is 3.99. The van der Waals surface area contributed by atoms with Gasteiger partial charge in [-0.15, -0.1) is 45.3 Å². The summed E-state index contributed by atoms with van der Waals surface area (Å²) in [6.07, 6.45) is 0. The summed E-state index contributed by atoms with van der Waals surface area (Å²) in [7, 11) is 0. The second kappa shape index (κ2) is 9.48. The van der Waals surface area contributed by atoms with E-state index in [1.165, 1.54) is 28.2 Å². The molecule has 0 saturated heterocycles. The van der Waals surface area contributed by atoms with Gasteiger partial charge in [0, 0.05) is 31.2 Å². The molecule has 36 heavy (non-hydrogen) atoms. The minimum Gasteiger partial charge on any atom is -0.295 e. The van der Waals surface area contributed by atoms with Crippen LogP contribution in [0, 0.1) is 0 Å². The van der Waals surface area contributed by atoms with Crippen molar-refractivity contribution in [3.63, 3.8) is 0 Å². The van der Waals surface area contributed by atoms with Crippen molar-refractivity contribution in [3.8, 4) is 20.9 Å². The normalized spacial score (nSPS) is 11.8. The second-order valence-electron chi connectivity index (χ2n) is 8.17. The molecular weight excluding hydrogens is 792 g/mol. The Hall–Kier alpha value is -0.720. The van der Waals surface area contributed by atoms with Crippen LogP contribution in [0.25, 0.3) is 49.1 Å². The van der Waals surface area contributed by atoms with Crippen LogP contribution >= 0.6 is 109 Å². The first kappa shape index (κ1) is 25.6. The maximum absolute atomic E-state index is 11.8. The fourth-order valence-electron chi connectivity index (χ4n) is 4.05. The quantitative estimate of drug-likeness (QED) is 0.166. The van der Waals surface area contributed by atoms with E-state index < -0.39 is 0 Å². The molecule has 0 N–H and O–H groups in total. The van der Waals surface area contributed by atoms with Gasteiger partial charge in [-0.25, -0.2) is 0 Å². The molecule has 2 nitrogen and oxygen atoms in total. The van der Waals surface area contributed by atoms with Crippen LogP contribution < -0.4 is 0 Å². The number of hydrogen-bond donors (Lipinski definition) is 0. The number of ketones is 2. The largest absolute Gasteiger partial charge is 0.295 e. The first-order chi connectivity index (χ1) is 17.2. The molecule has 0 amide bonds. The third-order valence-corrected chi connectivity index (χ3v) is 15.4. The van der Waals surface area contributed by atoms with Crippen molar-refractivity contribution < 1.29 is 9.59 Å². The SMILES string of the molecule is CC(=O)c1ccc(-c2sc3c(sc4c5sc(-c6ccc(C(C)=O)cc6Br)c(Br)c5sc34)c2Br)c(Br)c1. The zero-order valence-corrected chi connectivity index (χ0v) is 28.0. The standard InChI is InChI=1S/C26H12Br4O2S4/c1-9(31)11-3-5-13(15(27)7-11)19-17(29)21-23(33-19)25-26(35-21)24-22(36-25)18(30)20(34-24)14-6-4-12(10(2)32)8-16(14)28/h3-8H,1-2H3. The number of carbonyl (C=O) groups is 2. The lowest BCUT2D eigenvalue weighted by Crippen LogP contribution is -1.91. The molecule has 0 radical (unpaired) electrons. The molecule has 4 heterocycles. The smallest absolute Gasteiger partial charge is 0.159 e. The predicted octanol–water partition coefficient (Wildman–Crippen LogP) is 12.2. The van der Waals surface area contributed by atoms with E-state index in [1.54, 1.807) is 36.5 Å². The van der Waals surface area contributed by atoms with Crippen molar-refractivity contribution in [1.29, 1.82) is 0 Å². The average molecular weight is 804 g/mol. The topological polar surface area (TPSA) is 34.1 Å². The Morgan fingerprint density at radius 2 is 0.917 bits per heavy atom. The van der Waals surface area contributed by atoms with Crippen LogP contribution in [0.2, 0.25) is 0 Å². The molecule has 0 aliphatic rings. The fourth-order valence-corrected chi connectivity index (χ4v) is 13.3. The zero-order valence-electron chi connectivity index (χ0n) is 18.4. The Morgan fingerprint density at radius 1 is 0.556 bits per heavy atom. The maximum atomic E-state index is 11.8. The van der Waals surface area contributed by atoms with Gasteiger partial charge >= 0.3 is 0 Å². The molecule has 0 saturated carbocycles. The second-order valence-corrected chi connectivity index (χ2v) is 15.5.